The normalized spacial score (nSPS) is 16.4. The van der Waals surface area contributed by atoms with E-state index < -0.39 is 15.9 Å². The van der Waals surface area contributed by atoms with Crippen LogP contribution in [0.2, 0.25) is 0 Å². The maximum Gasteiger partial charge on any atom is 0.264 e. The summed E-state index contributed by atoms with van der Waals surface area (Å²) in [5.74, 6) is -0.477. The molecule has 0 bridgehead atoms. The van der Waals surface area contributed by atoms with Crippen LogP contribution in [0.25, 0.3) is 0 Å². The average Bonchev–Trinajstić information content (AvgIpc) is 2.47. The van der Waals surface area contributed by atoms with Gasteiger partial charge in [0, 0.05) is 5.57 Å². The van der Waals surface area contributed by atoms with Crippen LogP contribution in [-0.2, 0) is 14.8 Å². The van der Waals surface area contributed by atoms with E-state index in [1.54, 1.807) is 12.1 Å². The summed E-state index contributed by atoms with van der Waals surface area (Å²) < 4.78 is 26.5. The summed E-state index contributed by atoms with van der Waals surface area (Å²) in [4.78, 5) is 12.2. The van der Waals surface area contributed by atoms with E-state index in [-0.39, 0.29) is 10.8 Å². The third-order valence-corrected chi connectivity index (χ3v) is 5.29. The van der Waals surface area contributed by atoms with Crippen LogP contribution in [0, 0.1) is 12.8 Å². The highest BCUT2D eigenvalue weighted by atomic mass is 32.2. The SMILES string of the molecule is C=C(C(=O)NS(=O)(=O)c1ccc(C)cc1)C1CCCCC1. The third-order valence-electron chi connectivity index (χ3n) is 3.95. The van der Waals surface area contributed by atoms with Gasteiger partial charge >= 0.3 is 0 Å². The largest absolute Gasteiger partial charge is 0.269 e. The molecule has 1 aliphatic rings. The predicted molar refractivity (Wildman–Crippen MR) is 82.2 cm³/mol. The van der Waals surface area contributed by atoms with Gasteiger partial charge in [-0.1, -0.05) is 43.5 Å². The zero-order chi connectivity index (χ0) is 15.5. The Morgan fingerprint density at radius 1 is 1.14 bits per heavy atom. The molecule has 21 heavy (non-hydrogen) atoms. The van der Waals surface area contributed by atoms with Crippen LogP contribution in [0.4, 0.5) is 0 Å². The van der Waals surface area contributed by atoms with E-state index in [0.717, 1.165) is 31.2 Å². The van der Waals surface area contributed by atoms with Crippen molar-refractivity contribution < 1.29 is 13.2 Å². The number of carbonyl (C=O) groups is 1. The zero-order valence-corrected chi connectivity index (χ0v) is 13.1. The second kappa shape index (κ2) is 6.43. The molecule has 0 spiro atoms. The molecule has 0 saturated heterocycles. The zero-order valence-electron chi connectivity index (χ0n) is 12.3. The van der Waals surface area contributed by atoms with Gasteiger partial charge in [-0.25, -0.2) is 13.1 Å². The van der Waals surface area contributed by atoms with Crippen molar-refractivity contribution in [2.24, 2.45) is 5.92 Å². The Hall–Kier alpha value is -1.62. The molecule has 0 aliphatic heterocycles. The molecule has 2 rings (SSSR count). The Bertz CT molecular complexity index is 626. The highest BCUT2D eigenvalue weighted by Gasteiger charge is 2.25. The Labute approximate surface area is 126 Å². The van der Waals surface area contributed by atoms with E-state index in [4.69, 9.17) is 0 Å². The van der Waals surface area contributed by atoms with Crippen molar-refractivity contribution in [1.29, 1.82) is 0 Å². The van der Waals surface area contributed by atoms with Crippen LogP contribution in [0.5, 0.6) is 0 Å². The second-order valence-corrected chi connectivity index (χ2v) is 7.29. The molecule has 0 aromatic heterocycles. The molecule has 0 unspecified atom stereocenters. The first kappa shape index (κ1) is 15.8. The molecule has 1 N–H and O–H groups in total. The van der Waals surface area contributed by atoms with E-state index in [0.29, 0.717) is 5.57 Å². The molecule has 1 aliphatic carbocycles. The Morgan fingerprint density at radius 3 is 2.29 bits per heavy atom. The molecule has 4 nitrogen and oxygen atoms in total. The first-order valence-electron chi connectivity index (χ1n) is 7.23. The number of carbonyl (C=O) groups excluding carboxylic acids is 1. The predicted octanol–water partition coefficient (Wildman–Crippen LogP) is 2.94. The molecule has 1 fully saturated rings. The standard InChI is InChI=1S/C16H21NO3S/c1-12-8-10-15(11-9-12)21(19,20)17-16(18)13(2)14-6-4-3-5-7-14/h8-11,14H,2-7H2,1H3,(H,17,18). The van der Waals surface area contributed by atoms with Crippen LogP contribution >= 0.6 is 0 Å². The fourth-order valence-corrected chi connectivity index (χ4v) is 3.59. The second-order valence-electron chi connectivity index (χ2n) is 5.61. The number of benzene rings is 1. The van der Waals surface area contributed by atoms with E-state index in [9.17, 15) is 13.2 Å². The molecule has 0 radical (unpaired) electrons. The first-order valence-corrected chi connectivity index (χ1v) is 8.71. The van der Waals surface area contributed by atoms with Crippen molar-refractivity contribution in [1.82, 2.24) is 4.72 Å². The number of sulfonamides is 1. The first-order chi connectivity index (χ1) is 9.90. The van der Waals surface area contributed by atoms with Gasteiger partial charge in [0.15, 0.2) is 0 Å². The fraction of sp³-hybridized carbons (Fsp3) is 0.438. The summed E-state index contributed by atoms with van der Waals surface area (Å²) in [5.41, 5.74) is 1.34. The van der Waals surface area contributed by atoms with Gasteiger partial charge in [0.05, 0.1) is 4.90 Å². The maximum absolute atomic E-state index is 12.2. The summed E-state index contributed by atoms with van der Waals surface area (Å²) in [5, 5.41) is 0. The molecule has 1 saturated carbocycles. The van der Waals surface area contributed by atoms with Crippen LogP contribution < -0.4 is 4.72 Å². The van der Waals surface area contributed by atoms with Gasteiger partial charge in [0.25, 0.3) is 15.9 Å². The molecule has 5 heteroatoms. The summed E-state index contributed by atoms with van der Waals surface area (Å²) in [6, 6.07) is 6.40. The molecule has 0 heterocycles. The third kappa shape index (κ3) is 3.94. The van der Waals surface area contributed by atoms with E-state index in [1.807, 2.05) is 6.92 Å². The molecule has 1 amide bonds. The number of hydrogen-bond acceptors (Lipinski definition) is 3. The quantitative estimate of drug-likeness (QED) is 0.870. The maximum atomic E-state index is 12.2. The number of aryl methyl sites for hydroxylation is 1. The smallest absolute Gasteiger partial charge is 0.264 e. The van der Waals surface area contributed by atoms with Crippen LogP contribution in [0.15, 0.2) is 41.3 Å². The van der Waals surface area contributed by atoms with Gasteiger partial charge < -0.3 is 0 Å². The molecule has 114 valence electrons. The van der Waals surface area contributed by atoms with Gasteiger partial charge in [-0.2, -0.15) is 0 Å². The highest BCUT2D eigenvalue weighted by Crippen LogP contribution is 2.29. The van der Waals surface area contributed by atoms with Crippen LogP contribution in [0.1, 0.15) is 37.7 Å². The molecule has 1 aromatic carbocycles. The summed E-state index contributed by atoms with van der Waals surface area (Å²) in [6.07, 6.45) is 5.14. The minimum absolute atomic E-state index is 0.0953. The monoisotopic (exact) mass is 307 g/mol. The Kier molecular flexibility index (Phi) is 4.83. The summed E-state index contributed by atoms with van der Waals surface area (Å²) in [7, 11) is -3.82. The lowest BCUT2D eigenvalue weighted by molar-refractivity contribution is -0.116. The van der Waals surface area contributed by atoms with Gasteiger partial charge in [0.2, 0.25) is 0 Å². The van der Waals surface area contributed by atoms with Gasteiger partial charge in [-0.15, -0.1) is 0 Å². The van der Waals surface area contributed by atoms with E-state index in [2.05, 4.69) is 11.3 Å². The van der Waals surface area contributed by atoms with Crippen molar-refractivity contribution in [3.63, 3.8) is 0 Å². The summed E-state index contributed by atoms with van der Waals surface area (Å²) in [6.45, 7) is 5.67. The van der Waals surface area contributed by atoms with Crippen molar-refractivity contribution in [3.05, 3.63) is 42.0 Å². The number of rotatable bonds is 4. The Morgan fingerprint density at radius 2 is 1.71 bits per heavy atom. The lowest BCUT2D eigenvalue weighted by Crippen LogP contribution is -2.33. The minimum Gasteiger partial charge on any atom is -0.269 e. The summed E-state index contributed by atoms with van der Waals surface area (Å²) >= 11 is 0. The number of nitrogens with one attached hydrogen (secondary N) is 1. The highest BCUT2D eigenvalue weighted by molar-refractivity contribution is 7.90. The van der Waals surface area contributed by atoms with Crippen molar-refractivity contribution in [2.45, 2.75) is 43.9 Å². The van der Waals surface area contributed by atoms with Gasteiger partial charge in [-0.05, 0) is 37.8 Å². The van der Waals surface area contributed by atoms with Crippen LogP contribution in [-0.4, -0.2) is 14.3 Å². The van der Waals surface area contributed by atoms with Gasteiger partial charge in [0.1, 0.15) is 0 Å². The lowest BCUT2D eigenvalue weighted by atomic mass is 9.84. The van der Waals surface area contributed by atoms with Crippen molar-refractivity contribution >= 4 is 15.9 Å². The molecule has 0 atom stereocenters. The molecular formula is C16H21NO3S. The molecule has 1 aromatic rings. The van der Waals surface area contributed by atoms with Crippen molar-refractivity contribution in [3.8, 4) is 0 Å². The molecular weight excluding hydrogens is 286 g/mol. The Balaban J connectivity index is 2.07. The fourth-order valence-electron chi connectivity index (χ4n) is 2.60. The van der Waals surface area contributed by atoms with Gasteiger partial charge in [-0.3, -0.25) is 4.79 Å². The van der Waals surface area contributed by atoms with Crippen molar-refractivity contribution in [2.75, 3.05) is 0 Å². The minimum atomic E-state index is -3.82. The number of hydrogen-bond donors (Lipinski definition) is 1. The number of amides is 1. The lowest BCUT2D eigenvalue weighted by Gasteiger charge is -2.22. The van der Waals surface area contributed by atoms with E-state index in [1.165, 1.54) is 18.6 Å². The van der Waals surface area contributed by atoms with Crippen LogP contribution in [0.3, 0.4) is 0 Å². The van der Waals surface area contributed by atoms with E-state index >= 15 is 0 Å². The average molecular weight is 307 g/mol. The topological polar surface area (TPSA) is 63.2 Å².